The van der Waals surface area contributed by atoms with Gasteiger partial charge in [-0.05, 0) is 31.0 Å². The summed E-state index contributed by atoms with van der Waals surface area (Å²) in [5.74, 6) is -0.530. The fourth-order valence-electron chi connectivity index (χ4n) is 2.91. The van der Waals surface area contributed by atoms with Crippen LogP contribution >= 0.6 is 0 Å². The Labute approximate surface area is 148 Å². The van der Waals surface area contributed by atoms with Crippen LogP contribution in [0.25, 0.3) is 0 Å². The third-order valence-corrected chi connectivity index (χ3v) is 4.35. The number of hydrogen-bond donors (Lipinski definition) is 1. The lowest BCUT2D eigenvalue weighted by Gasteiger charge is -2.35. The van der Waals surface area contributed by atoms with Crippen molar-refractivity contribution in [1.29, 1.82) is 0 Å². The molecule has 2 amide bonds. The smallest absolute Gasteiger partial charge is 0.337 e. The van der Waals surface area contributed by atoms with Gasteiger partial charge in [-0.15, -0.1) is 0 Å². The molecule has 0 radical (unpaired) electrons. The summed E-state index contributed by atoms with van der Waals surface area (Å²) in [6.45, 7) is 6.90. The van der Waals surface area contributed by atoms with E-state index < -0.39 is 11.4 Å². The van der Waals surface area contributed by atoms with Crippen molar-refractivity contribution in [1.82, 2.24) is 4.90 Å². The lowest BCUT2D eigenvalue weighted by Crippen LogP contribution is -2.45. The lowest BCUT2D eigenvalue weighted by atomic mass is 9.90. The van der Waals surface area contributed by atoms with E-state index in [1.54, 1.807) is 24.3 Å². The Morgan fingerprint density at radius 2 is 1.80 bits per heavy atom. The molecule has 0 bridgehead atoms. The molecule has 136 valence electrons. The maximum absolute atomic E-state index is 12.5. The third kappa shape index (κ3) is 4.81. The second-order valence-electron chi connectivity index (χ2n) is 7.38. The minimum Gasteiger partial charge on any atom is -0.465 e. The predicted molar refractivity (Wildman–Crippen MR) is 95.2 cm³/mol. The van der Waals surface area contributed by atoms with Crippen LogP contribution in [0.2, 0.25) is 0 Å². The van der Waals surface area contributed by atoms with Crippen molar-refractivity contribution < 1.29 is 19.1 Å². The summed E-state index contributed by atoms with van der Waals surface area (Å²) in [5.41, 5.74) is 0.565. The number of carbonyl (C=O) groups is 3. The highest BCUT2D eigenvalue weighted by Crippen LogP contribution is 2.24. The normalized spacial score (nSPS) is 15.6. The summed E-state index contributed by atoms with van der Waals surface area (Å²) in [6, 6.07) is 6.68. The van der Waals surface area contributed by atoms with E-state index in [0.29, 0.717) is 37.2 Å². The number of methoxy groups -OCH3 is 1. The summed E-state index contributed by atoms with van der Waals surface area (Å²) in [4.78, 5) is 38.2. The number of ether oxygens (including phenoxy) is 1. The highest BCUT2D eigenvalue weighted by Gasteiger charge is 2.32. The van der Waals surface area contributed by atoms with Gasteiger partial charge in [-0.25, -0.2) is 4.79 Å². The molecule has 1 aliphatic heterocycles. The second kappa shape index (κ2) is 7.68. The van der Waals surface area contributed by atoms with E-state index in [9.17, 15) is 14.4 Å². The van der Waals surface area contributed by atoms with Crippen LogP contribution in [0.1, 0.15) is 44.0 Å². The minimum atomic E-state index is -0.440. The Morgan fingerprint density at radius 1 is 1.16 bits per heavy atom. The van der Waals surface area contributed by atoms with Gasteiger partial charge in [0, 0.05) is 30.1 Å². The third-order valence-electron chi connectivity index (χ3n) is 4.35. The second-order valence-corrected chi connectivity index (χ2v) is 7.38. The van der Waals surface area contributed by atoms with Gasteiger partial charge in [-0.3, -0.25) is 9.59 Å². The molecular weight excluding hydrogens is 320 g/mol. The van der Waals surface area contributed by atoms with E-state index >= 15 is 0 Å². The molecule has 1 heterocycles. The van der Waals surface area contributed by atoms with Gasteiger partial charge in [-0.2, -0.15) is 0 Å². The molecule has 25 heavy (non-hydrogen) atoms. The number of hydrogen-bond acceptors (Lipinski definition) is 4. The van der Waals surface area contributed by atoms with Crippen LogP contribution in [0.15, 0.2) is 24.3 Å². The average Bonchev–Trinajstić information content (AvgIpc) is 2.60. The summed E-state index contributed by atoms with van der Waals surface area (Å²) in [7, 11) is 1.32. The maximum atomic E-state index is 12.5. The van der Waals surface area contributed by atoms with Crippen LogP contribution in [-0.2, 0) is 14.3 Å². The van der Waals surface area contributed by atoms with Gasteiger partial charge in [0.2, 0.25) is 11.8 Å². The minimum absolute atomic E-state index is 0.0788. The van der Waals surface area contributed by atoms with Gasteiger partial charge in [-0.1, -0.05) is 26.8 Å². The van der Waals surface area contributed by atoms with Gasteiger partial charge < -0.3 is 15.0 Å². The fraction of sp³-hybridized carbons (Fsp3) is 0.526. The van der Waals surface area contributed by atoms with Crippen molar-refractivity contribution in [2.75, 3.05) is 25.5 Å². The van der Waals surface area contributed by atoms with Crippen LogP contribution in [0, 0.1) is 11.3 Å². The molecule has 0 spiro atoms. The Balaban J connectivity index is 1.93. The Bertz CT molecular complexity index is 656. The summed E-state index contributed by atoms with van der Waals surface area (Å²) in [5, 5.41) is 2.86. The Morgan fingerprint density at radius 3 is 2.36 bits per heavy atom. The Kier molecular flexibility index (Phi) is 5.82. The molecule has 0 unspecified atom stereocenters. The molecule has 1 aromatic carbocycles. The van der Waals surface area contributed by atoms with Crippen molar-refractivity contribution >= 4 is 23.5 Å². The molecule has 6 heteroatoms. The van der Waals surface area contributed by atoms with Crippen LogP contribution in [-0.4, -0.2) is 42.9 Å². The standard InChI is InChI=1S/C19H26N2O4/c1-19(2,3)18(24)21-10-8-13(9-11-21)16(22)20-15-7-5-6-14(12-15)17(23)25-4/h5-7,12-13H,8-11H2,1-4H3,(H,20,22). The zero-order valence-corrected chi connectivity index (χ0v) is 15.3. The highest BCUT2D eigenvalue weighted by molar-refractivity contribution is 5.95. The quantitative estimate of drug-likeness (QED) is 0.854. The van der Waals surface area contributed by atoms with E-state index in [0.717, 1.165) is 0 Å². The number of likely N-dealkylation sites (tertiary alicyclic amines) is 1. The van der Waals surface area contributed by atoms with E-state index in [-0.39, 0.29) is 17.7 Å². The molecule has 0 saturated carbocycles. The fourth-order valence-corrected chi connectivity index (χ4v) is 2.91. The molecule has 1 N–H and O–H groups in total. The van der Waals surface area contributed by atoms with Gasteiger partial charge in [0.25, 0.3) is 0 Å². The number of nitrogens with zero attached hydrogens (tertiary/aromatic N) is 1. The first-order valence-electron chi connectivity index (χ1n) is 8.51. The molecule has 1 aliphatic rings. The van der Waals surface area contributed by atoms with Crippen LogP contribution in [0.5, 0.6) is 0 Å². The molecule has 0 aromatic heterocycles. The molecule has 1 aromatic rings. The largest absolute Gasteiger partial charge is 0.465 e. The zero-order valence-electron chi connectivity index (χ0n) is 15.3. The number of piperidine rings is 1. The number of anilines is 1. The average molecular weight is 346 g/mol. The number of amides is 2. The predicted octanol–water partition coefficient (Wildman–Crippen LogP) is 2.70. The molecule has 1 fully saturated rings. The zero-order chi connectivity index (χ0) is 18.6. The first kappa shape index (κ1) is 19.0. The summed E-state index contributed by atoms with van der Waals surface area (Å²) >= 11 is 0. The molecule has 1 saturated heterocycles. The van der Waals surface area contributed by atoms with E-state index in [1.165, 1.54) is 7.11 Å². The van der Waals surface area contributed by atoms with E-state index in [2.05, 4.69) is 10.1 Å². The molecule has 6 nitrogen and oxygen atoms in total. The maximum Gasteiger partial charge on any atom is 0.337 e. The van der Waals surface area contributed by atoms with Crippen molar-refractivity contribution in [3.05, 3.63) is 29.8 Å². The first-order chi connectivity index (χ1) is 11.7. The van der Waals surface area contributed by atoms with Crippen molar-refractivity contribution in [2.45, 2.75) is 33.6 Å². The van der Waals surface area contributed by atoms with Crippen LogP contribution in [0.3, 0.4) is 0 Å². The number of benzene rings is 1. The highest BCUT2D eigenvalue weighted by atomic mass is 16.5. The monoisotopic (exact) mass is 346 g/mol. The van der Waals surface area contributed by atoms with Crippen LogP contribution < -0.4 is 5.32 Å². The van der Waals surface area contributed by atoms with Crippen molar-refractivity contribution in [2.24, 2.45) is 11.3 Å². The molecule has 0 atom stereocenters. The van der Waals surface area contributed by atoms with E-state index in [1.807, 2.05) is 25.7 Å². The first-order valence-corrected chi connectivity index (χ1v) is 8.51. The number of nitrogens with one attached hydrogen (secondary N) is 1. The van der Waals surface area contributed by atoms with Gasteiger partial charge in [0.05, 0.1) is 12.7 Å². The Hall–Kier alpha value is -2.37. The topological polar surface area (TPSA) is 75.7 Å². The lowest BCUT2D eigenvalue weighted by molar-refractivity contribution is -0.142. The van der Waals surface area contributed by atoms with Gasteiger partial charge in [0.1, 0.15) is 0 Å². The van der Waals surface area contributed by atoms with Crippen molar-refractivity contribution in [3.8, 4) is 0 Å². The number of carbonyl (C=O) groups excluding carboxylic acids is 3. The molecular formula is C19H26N2O4. The summed E-state index contributed by atoms with van der Waals surface area (Å²) < 4.78 is 4.69. The number of esters is 1. The van der Waals surface area contributed by atoms with Gasteiger partial charge >= 0.3 is 5.97 Å². The summed E-state index contributed by atoms with van der Waals surface area (Å²) in [6.07, 6.45) is 1.29. The van der Waals surface area contributed by atoms with E-state index in [4.69, 9.17) is 0 Å². The SMILES string of the molecule is COC(=O)c1cccc(NC(=O)C2CCN(C(=O)C(C)(C)C)CC2)c1. The van der Waals surface area contributed by atoms with Crippen molar-refractivity contribution in [3.63, 3.8) is 0 Å². The van der Waals surface area contributed by atoms with Crippen LogP contribution in [0.4, 0.5) is 5.69 Å². The molecule has 0 aliphatic carbocycles. The number of rotatable bonds is 3. The molecule has 2 rings (SSSR count). The van der Waals surface area contributed by atoms with Gasteiger partial charge in [0.15, 0.2) is 0 Å².